The summed E-state index contributed by atoms with van der Waals surface area (Å²) in [5.41, 5.74) is 3.31. The monoisotopic (exact) mass is 480 g/mol. The normalized spacial score (nSPS) is 10.7. The Balaban J connectivity index is 1.27. The van der Waals surface area contributed by atoms with E-state index in [2.05, 4.69) is 40.0 Å². The Labute approximate surface area is 210 Å². The van der Waals surface area contributed by atoms with Gasteiger partial charge in [0.1, 0.15) is 6.54 Å². The first kappa shape index (κ1) is 24.6. The zero-order valence-electron chi connectivity index (χ0n) is 19.8. The maximum absolute atomic E-state index is 12.6. The molecule has 0 unspecified atom stereocenters. The summed E-state index contributed by atoms with van der Waals surface area (Å²) in [4.78, 5) is 37.0. The van der Waals surface area contributed by atoms with E-state index in [0.717, 1.165) is 11.1 Å². The van der Waals surface area contributed by atoms with Crippen molar-refractivity contribution in [2.24, 2.45) is 0 Å². The first-order valence-corrected chi connectivity index (χ1v) is 11.9. The molecule has 182 valence electrons. The van der Waals surface area contributed by atoms with Crippen molar-refractivity contribution >= 4 is 23.3 Å². The van der Waals surface area contributed by atoms with Crippen LogP contribution in [-0.4, -0.2) is 33.9 Å². The van der Waals surface area contributed by atoms with Crippen molar-refractivity contribution in [2.75, 3.05) is 11.9 Å². The minimum Gasteiger partial charge on any atom is -0.354 e. The van der Waals surface area contributed by atoms with Gasteiger partial charge in [-0.25, -0.2) is 0 Å². The third kappa shape index (κ3) is 6.99. The van der Waals surface area contributed by atoms with Crippen molar-refractivity contribution in [3.05, 3.63) is 120 Å². The molecule has 0 fully saturated rings. The summed E-state index contributed by atoms with van der Waals surface area (Å²) in [6.07, 6.45) is 3.28. The lowest BCUT2D eigenvalue weighted by molar-refractivity contribution is -0.121. The summed E-state index contributed by atoms with van der Waals surface area (Å²) in [6.45, 7) is 0.478. The van der Waals surface area contributed by atoms with Crippen LogP contribution in [0.2, 0.25) is 0 Å². The van der Waals surface area contributed by atoms with Gasteiger partial charge in [0, 0.05) is 37.1 Å². The fourth-order valence-electron chi connectivity index (χ4n) is 3.95. The molecule has 3 aromatic carbocycles. The highest BCUT2D eigenvalue weighted by Gasteiger charge is 2.16. The third-order valence-electron chi connectivity index (χ3n) is 5.80. The van der Waals surface area contributed by atoms with Crippen LogP contribution in [0.1, 0.15) is 40.2 Å². The lowest BCUT2D eigenvalue weighted by atomic mass is 9.91. The second-order valence-electron chi connectivity index (χ2n) is 8.44. The molecule has 0 radical (unpaired) electrons. The summed E-state index contributed by atoms with van der Waals surface area (Å²) in [7, 11) is 0. The van der Waals surface area contributed by atoms with Gasteiger partial charge in [-0.05, 0) is 11.1 Å². The number of hydrogen-bond acceptors (Lipinski definition) is 4. The van der Waals surface area contributed by atoms with Gasteiger partial charge in [-0.2, -0.15) is 5.10 Å². The average Bonchev–Trinajstić information content (AvgIpc) is 3.35. The molecule has 1 heterocycles. The number of anilines is 1. The molecule has 0 aliphatic rings. The predicted molar refractivity (Wildman–Crippen MR) is 139 cm³/mol. The van der Waals surface area contributed by atoms with Gasteiger partial charge in [0.25, 0.3) is 0 Å². The summed E-state index contributed by atoms with van der Waals surface area (Å²) in [5.74, 6) is -0.511. The molecule has 0 aliphatic heterocycles. The minimum absolute atomic E-state index is 0.0265. The molecule has 4 rings (SSSR count). The Morgan fingerprint density at radius 1 is 0.750 bits per heavy atom. The topological polar surface area (TPSA) is 93.1 Å². The van der Waals surface area contributed by atoms with E-state index >= 15 is 0 Å². The first-order chi connectivity index (χ1) is 17.6. The van der Waals surface area contributed by atoms with E-state index < -0.39 is 0 Å². The molecule has 4 aromatic rings. The largest absolute Gasteiger partial charge is 0.354 e. The van der Waals surface area contributed by atoms with Gasteiger partial charge in [0.15, 0.2) is 5.78 Å². The van der Waals surface area contributed by atoms with Gasteiger partial charge < -0.3 is 10.6 Å². The molecule has 2 amide bonds. The number of rotatable bonds is 11. The van der Waals surface area contributed by atoms with Crippen LogP contribution in [0.25, 0.3) is 0 Å². The van der Waals surface area contributed by atoms with Crippen molar-refractivity contribution in [2.45, 2.75) is 25.3 Å². The van der Waals surface area contributed by atoms with Crippen LogP contribution >= 0.6 is 0 Å². The van der Waals surface area contributed by atoms with E-state index in [1.165, 1.54) is 10.9 Å². The van der Waals surface area contributed by atoms with E-state index in [1.807, 2.05) is 42.5 Å². The Bertz CT molecular complexity index is 1250. The molecular weight excluding hydrogens is 452 g/mol. The number of benzene rings is 3. The Kier molecular flexibility index (Phi) is 8.38. The highest BCUT2D eigenvalue weighted by atomic mass is 16.2. The Morgan fingerprint density at radius 3 is 1.94 bits per heavy atom. The number of carbonyl (C=O) groups excluding carboxylic acids is 3. The van der Waals surface area contributed by atoms with Gasteiger partial charge in [0.2, 0.25) is 11.8 Å². The molecule has 7 nitrogen and oxygen atoms in total. The number of hydrogen-bond donors (Lipinski definition) is 2. The molecule has 0 saturated carbocycles. The number of ketones is 1. The maximum Gasteiger partial charge on any atom is 0.241 e. The standard InChI is InChI=1S/C29H28N4O3/c34-27(24-14-8-3-9-15-24)16-17-28(35)32-25-18-31-33(20-25)21-29(36)30-19-26(22-10-4-1-5-11-22)23-12-6-2-7-13-23/h1-15,18,20,26H,16-17,19,21H2,(H,30,36)(H,32,35). The Hall–Kier alpha value is -4.52. The summed E-state index contributed by atoms with van der Waals surface area (Å²) < 4.78 is 1.47. The maximum atomic E-state index is 12.6. The molecule has 2 N–H and O–H groups in total. The number of aromatic nitrogens is 2. The van der Waals surface area contributed by atoms with Crippen LogP contribution in [0.5, 0.6) is 0 Å². The average molecular weight is 481 g/mol. The fraction of sp³-hybridized carbons (Fsp3) is 0.172. The smallest absolute Gasteiger partial charge is 0.241 e. The Morgan fingerprint density at radius 2 is 1.33 bits per heavy atom. The van der Waals surface area contributed by atoms with Crippen LogP contribution in [0.15, 0.2) is 103 Å². The fourth-order valence-corrected chi connectivity index (χ4v) is 3.95. The number of amides is 2. The van der Waals surface area contributed by atoms with E-state index in [9.17, 15) is 14.4 Å². The molecule has 36 heavy (non-hydrogen) atoms. The first-order valence-electron chi connectivity index (χ1n) is 11.9. The number of nitrogens with zero attached hydrogens (tertiary/aromatic N) is 2. The van der Waals surface area contributed by atoms with Crippen molar-refractivity contribution in [3.63, 3.8) is 0 Å². The molecule has 0 spiro atoms. The van der Waals surface area contributed by atoms with Crippen LogP contribution in [0.3, 0.4) is 0 Å². The molecule has 0 atom stereocenters. The zero-order valence-corrected chi connectivity index (χ0v) is 19.8. The molecule has 0 aliphatic carbocycles. The van der Waals surface area contributed by atoms with Crippen LogP contribution in [-0.2, 0) is 16.1 Å². The molecule has 0 saturated heterocycles. The lowest BCUT2D eigenvalue weighted by Crippen LogP contribution is -2.32. The minimum atomic E-state index is -0.281. The van der Waals surface area contributed by atoms with Crippen molar-refractivity contribution < 1.29 is 14.4 Å². The van der Waals surface area contributed by atoms with Gasteiger partial charge in [-0.15, -0.1) is 0 Å². The van der Waals surface area contributed by atoms with E-state index in [0.29, 0.717) is 17.8 Å². The molecule has 7 heteroatoms. The number of nitrogens with one attached hydrogen (secondary N) is 2. The van der Waals surface area contributed by atoms with Crippen LogP contribution in [0.4, 0.5) is 5.69 Å². The molecular formula is C29H28N4O3. The van der Waals surface area contributed by atoms with Crippen molar-refractivity contribution in [3.8, 4) is 0 Å². The van der Waals surface area contributed by atoms with Gasteiger partial charge in [-0.3, -0.25) is 19.1 Å². The third-order valence-corrected chi connectivity index (χ3v) is 5.80. The van der Waals surface area contributed by atoms with Gasteiger partial charge >= 0.3 is 0 Å². The molecule has 0 bridgehead atoms. The van der Waals surface area contributed by atoms with Crippen molar-refractivity contribution in [1.29, 1.82) is 0 Å². The quantitative estimate of drug-likeness (QED) is 0.311. The van der Waals surface area contributed by atoms with E-state index in [1.54, 1.807) is 30.5 Å². The zero-order chi connectivity index (χ0) is 25.2. The predicted octanol–water partition coefficient (Wildman–Crippen LogP) is 4.43. The highest BCUT2D eigenvalue weighted by Crippen LogP contribution is 2.23. The SMILES string of the molecule is O=C(Cn1cc(NC(=O)CCC(=O)c2ccccc2)cn1)NCC(c1ccccc1)c1ccccc1. The lowest BCUT2D eigenvalue weighted by Gasteiger charge is -2.19. The van der Waals surface area contributed by atoms with Crippen LogP contribution in [0, 0.1) is 0 Å². The summed E-state index contributed by atoms with van der Waals surface area (Å²) in [6, 6.07) is 29.0. The summed E-state index contributed by atoms with van der Waals surface area (Å²) in [5, 5.41) is 9.90. The van der Waals surface area contributed by atoms with Gasteiger partial charge in [-0.1, -0.05) is 91.0 Å². The molecule has 1 aromatic heterocycles. The van der Waals surface area contributed by atoms with Crippen LogP contribution < -0.4 is 10.6 Å². The van der Waals surface area contributed by atoms with Gasteiger partial charge in [0.05, 0.1) is 11.9 Å². The second kappa shape index (κ2) is 12.3. The second-order valence-corrected chi connectivity index (χ2v) is 8.44. The number of carbonyl (C=O) groups is 3. The van der Waals surface area contributed by atoms with Crippen molar-refractivity contribution in [1.82, 2.24) is 15.1 Å². The van der Waals surface area contributed by atoms with E-state index in [4.69, 9.17) is 0 Å². The summed E-state index contributed by atoms with van der Waals surface area (Å²) >= 11 is 0. The number of Topliss-reactive ketones (excluding diaryl/α,β-unsaturated/α-hetero) is 1. The van der Waals surface area contributed by atoms with E-state index in [-0.39, 0.29) is 42.9 Å². The highest BCUT2D eigenvalue weighted by molar-refractivity contribution is 5.99.